The third kappa shape index (κ3) is 4.58. The highest BCUT2D eigenvalue weighted by Crippen LogP contribution is 2.31. The molecule has 2 aromatic carbocycles. The molecule has 1 amide bonds. The molecule has 4 N–H and O–H groups in total. The summed E-state index contributed by atoms with van der Waals surface area (Å²) in [6, 6.07) is 14.4. The molecule has 2 aromatic rings. The number of nitrogens with two attached hydrogens (primary N) is 1. The molecule has 0 bridgehead atoms. The number of benzene rings is 2. The van der Waals surface area contributed by atoms with E-state index in [-0.39, 0.29) is 16.8 Å². The van der Waals surface area contributed by atoms with Crippen LogP contribution < -0.4 is 15.8 Å². The van der Waals surface area contributed by atoms with Crippen molar-refractivity contribution in [2.45, 2.75) is 23.8 Å². The van der Waals surface area contributed by atoms with Gasteiger partial charge in [-0.3, -0.25) is 9.52 Å². The van der Waals surface area contributed by atoms with Crippen molar-refractivity contribution in [3.05, 3.63) is 60.2 Å². The number of amides is 1. The quantitative estimate of drug-likeness (QED) is 0.703. The van der Waals surface area contributed by atoms with Crippen molar-refractivity contribution in [3.8, 4) is 0 Å². The second-order valence-corrected chi connectivity index (χ2v) is 7.89. The van der Waals surface area contributed by atoms with E-state index in [9.17, 15) is 13.2 Å². The smallest absolute Gasteiger partial charge is 0.261 e. The average Bonchev–Trinajstić information content (AvgIpc) is 3.46. The Balaban J connectivity index is 1.61. The van der Waals surface area contributed by atoms with Crippen molar-refractivity contribution in [1.29, 1.82) is 0 Å². The predicted octanol–water partition coefficient (Wildman–Crippen LogP) is 1.95. The average molecular weight is 359 g/mol. The molecule has 0 aliphatic heterocycles. The first-order valence-corrected chi connectivity index (χ1v) is 9.66. The first kappa shape index (κ1) is 17.4. The molecule has 0 aromatic heterocycles. The van der Waals surface area contributed by atoms with Gasteiger partial charge in [-0.2, -0.15) is 0 Å². The van der Waals surface area contributed by atoms with Gasteiger partial charge in [-0.1, -0.05) is 18.2 Å². The molecule has 3 rings (SSSR count). The third-order valence-corrected chi connectivity index (χ3v) is 5.58. The molecule has 6 nitrogen and oxygen atoms in total. The van der Waals surface area contributed by atoms with Crippen LogP contribution in [0, 0.1) is 5.92 Å². The summed E-state index contributed by atoms with van der Waals surface area (Å²) in [6.45, 7) is 0.450. The van der Waals surface area contributed by atoms with E-state index in [0.717, 1.165) is 12.8 Å². The van der Waals surface area contributed by atoms with Gasteiger partial charge in [0.1, 0.15) is 0 Å². The fraction of sp³-hybridized carbons (Fsp3) is 0.278. The minimum atomic E-state index is -3.64. The fourth-order valence-corrected chi connectivity index (χ4v) is 3.59. The molecule has 1 unspecified atom stereocenters. The summed E-state index contributed by atoms with van der Waals surface area (Å²) in [5.74, 6) is 0.309. The number of carbonyl (C=O) groups is 1. The Morgan fingerprint density at radius 2 is 1.72 bits per heavy atom. The van der Waals surface area contributed by atoms with Gasteiger partial charge in [0.2, 0.25) is 0 Å². The second kappa shape index (κ2) is 7.25. The van der Waals surface area contributed by atoms with Crippen LogP contribution in [-0.4, -0.2) is 26.9 Å². The molecule has 0 heterocycles. The summed E-state index contributed by atoms with van der Waals surface area (Å²) in [6.07, 6.45) is 2.26. The first-order valence-electron chi connectivity index (χ1n) is 8.17. The number of hydrogen-bond donors (Lipinski definition) is 3. The topological polar surface area (TPSA) is 101 Å². The Morgan fingerprint density at radius 1 is 1.08 bits per heavy atom. The molecule has 25 heavy (non-hydrogen) atoms. The normalized spacial score (nSPS) is 15.4. The summed E-state index contributed by atoms with van der Waals surface area (Å²) in [7, 11) is -3.64. The molecule has 1 fully saturated rings. The van der Waals surface area contributed by atoms with Gasteiger partial charge in [-0.05, 0) is 55.2 Å². The Kier molecular flexibility index (Phi) is 5.06. The van der Waals surface area contributed by atoms with Gasteiger partial charge in [-0.25, -0.2) is 8.42 Å². The van der Waals surface area contributed by atoms with E-state index in [1.807, 2.05) is 0 Å². The summed E-state index contributed by atoms with van der Waals surface area (Å²) >= 11 is 0. The van der Waals surface area contributed by atoms with E-state index in [1.165, 1.54) is 12.1 Å². The van der Waals surface area contributed by atoms with Crippen molar-refractivity contribution >= 4 is 21.6 Å². The summed E-state index contributed by atoms with van der Waals surface area (Å²) in [4.78, 5) is 12.3. The maximum absolute atomic E-state index is 12.3. The number of sulfonamides is 1. The highest BCUT2D eigenvalue weighted by Gasteiger charge is 2.28. The number of nitrogens with one attached hydrogen (secondary N) is 2. The highest BCUT2D eigenvalue weighted by atomic mass is 32.2. The molecular weight excluding hydrogens is 338 g/mol. The van der Waals surface area contributed by atoms with Crippen LogP contribution in [0.2, 0.25) is 0 Å². The van der Waals surface area contributed by atoms with Gasteiger partial charge >= 0.3 is 0 Å². The SMILES string of the molecule is NC(CNC(=O)c1ccc(NS(=O)(=O)c2ccccc2)cc1)C1CC1. The van der Waals surface area contributed by atoms with Crippen LogP contribution in [0.25, 0.3) is 0 Å². The molecule has 1 atom stereocenters. The molecule has 132 valence electrons. The molecule has 1 aliphatic carbocycles. The molecular formula is C18H21N3O3S. The van der Waals surface area contributed by atoms with Crippen molar-refractivity contribution < 1.29 is 13.2 Å². The van der Waals surface area contributed by atoms with Crippen LogP contribution in [0.3, 0.4) is 0 Å². The van der Waals surface area contributed by atoms with E-state index in [0.29, 0.717) is 23.7 Å². The van der Waals surface area contributed by atoms with Gasteiger partial charge in [-0.15, -0.1) is 0 Å². The first-order chi connectivity index (χ1) is 12.0. The zero-order valence-electron chi connectivity index (χ0n) is 13.7. The van der Waals surface area contributed by atoms with E-state index in [2.05, 4.69) is 10.0 Å². The van der Waals surface area contributed by atoms with Gasteiger partial charge in [0.05, 0.1) is 4.90 Å². The van der Waals surface area contributed by atoms with E-state index >= 15 is 0 Å². The van der Waals surface area contributed by atoms with Crippen molar-refractivity contribution in [2.24, 2.45) is 11.7 Å². The van der Waals surface area contributed by atoms with Crippen LogP contribution in [0.1, 0.15) is 23.2 Å². The molecule has 7 heteroatoms. The van der Waals surface area contributed by atoms with Crippen LogP contribution in [0.4, 0.5) is 5.69 Å². The lowest BCUT2D eigenvalue weighted by atomic mass is 10.1. The summed E-state index contributed by atoms with van der Waals surface area (Å²) in [5, 5.41) is 2.81. The van der Waals surface area contributed by atoms with Crippen LogP contribution in [0.5, 0.6) is 0 Å². The van der Waals surface area contributed by atoms with Crippen LogP contribution in [0.15, 0.2) is 59.5 Å². The van der Waals surface area contributed by atoms with E-state index in [1.54, 1.807) is 42.5 Å². The Morgan fingerprint density at radius 3 is 2.32 bits per heavy atom. The molecule has 1 saturated carbocycles. The minimum Gasteiger partial charge on any atom is -0.350 e. The zero-order chi connectivity index (χ0) is 17.9. The standard InChI is InChI=1S/C18H21N3O3S/c19-17(13-6-7-13)12-20-18(22)14-8-10-15(11-9-14)21-25(23,24)16-4-2-1-3-5-16/h1-5,8-11,13,17,21H,6-7,12,19H2,(H,20,22). The number of carbonyl (C=O) groups excluding carboxylic acids is 1. The monoisotopic (exact) mass is 359 g/mol. The third-order valence-electron chi connectivity index (χ3n) is 4.18. The fourth-order valence-electron chi connectivity index (χ4n) is 2.51. The molecule has 0 spiro atoms. The van der Waals surface area contributed by atoms with Crippen molar-refractivity contribution in [1.82, 2.24) is 5.32 Å². The lowest BCUT2D eigenvalue weighted by Gasteiger charge is -2.12. The zero-order valence-corrected chi connectivity index (χ0v) is 14.5. The van der Waals surface area contributed by atoms with E-state index < -0.39 is 10.0 Å². The highest BCUT2D eigenvalue weighted by molar-refractivity contribution is 7.92. The van der Waals surface area contributed by atoms with Crippen molar-refractivity contribution in [3.63, 3.8) is 0 Å². The summed E-state index contributed by atoms with van der Waals surface area (Å²) in [5.41, 5.74) is 6.82. The molecule has 1 aliphatic rings. The Bertz CT molecular complexity index is 832. The maximum atomic E-state index is 12.3. The van der Waals surface area contributed by atoms with Gasteiger partial charge in [0.15, 0.2) is 0 Å². The van der Waals surface area contributed by atoms with E-state index in [4.69, 9.17) is 5.73 Å². The number of hydrogen-bond acceptors (Lipinski definition) is 4. The maximum Gasteiger partial charge on any atom is 0.261 e. The Labute approximate surface area is 147 Å². The summed E-state index contributed by atoms with van der Waals surface area (Å²) < 4.78 is 27.0. The van der Waals surface area contributed by atoms with Crippen LogP contribution >= 0.6 is 0 Å². The lowest BCUT2D eigenvalue weighted by Crippen LogP contribution is -2.38. The molecule has 0 saturated heterocycles. The van der Waals surface area contributed by atoms with Gasteiger partial charge < -0.3 is 11.1 Å². The second-order valence-electron chi connectivity index (χ2n) is 6.21. The van der Waals surface area contributed by atoms with Gasteiger partial charge in [0.25, 0.3) is 15.9 Å². The largest absolute Gasteiger partial charge is 0.350 e. The minimum absolute atomic E-state index is 0.000838. The Hall–Kier alpha value is -2.38. The van der Waals surface area contributed by atoms with Gasteiger partial charge in [0, 0.05) is 23.8 Å². The number of anilines is 1. The molecule has 0 radical (unpaired) electrons. The van der Waals surface area contributed by atoms with Crippen molar-refractivity contribution in [2.75, 3.05) is 11.3 Å². The predicted molar refractivity (Wildman–Crippen MR) is 96.7 cm³/mol. The number of rotatable bonds is 7. The lowest BCUT2D eigenvalue weighted by molar-refractivity contribution is 0.0950. The van der Waals surface area contributed by atoms with Crippen LogP contribution in [-0.2, 0) is 10.0 Å².